The molecule has 1 aliphatic rings. The van der Waals surface area contributed by atoms with Crippen LogP contribution in [0.4, 0.5) is 0 Å². The molecule has 4 heteroatoms. The number of rotatable bonds is 4. The van der Waals surface area contributed by atoms with Crippen molar-refractivity contribution in [2.75, 3.05) is 31.7 Å². The van der Waals surface area contributed by atoms with E-state index in [0.717, 1.165) is 36.8 Å². The quantitative estimate of drug-likeness (QED) is 0.836. The highest BCUT2D eigenvalue weighted by Crippen LogP contribution is 2.14. The molecular weight excluding hydrogens is 246 g/mol. The van der Waals surface area contributed by atoms with Crippen LogP contribution in [0.5, 0.6) is 5.75 Å². The lowest BCUT2D eigenvalue weighted by Gasteiger charge is -2.26. The Bertz CT molecular complexity index is 385. The number of amides is 1. The molecule has 1 amide bonds. The normalized spacial score (nSPS) is 15.5. The molecule has 1 aliphatic heterocycles. The molecule has 1 heterocycles. The second kappa shape index (κ2) is 6.69. The first-order valence-corrected chi connectivity index (χ1v) is 7.43. The van der Waals surface area contributed by atoms with E-state index in [1.165, 1.54) is 5.56 Å². The summed E-state index contributed by atoms with van der Waals surface area (Å²) in [7, 11) is 1.66. The van der Waals surface area contributed by atoms with Crippen molar-refractivity contribution in [2.45, 2.75) is 12.8 Å². The van der Waals surface area contributed by atoms with Gasteiger partial charge in [-0.3, -0.25) is 4.79 Å². The maximum atomic E-state index is 12.0. The number of hydrogen-bond donors (Lipinski definition) is 0. The summed E-state index contributed by atoms with van der Waals surface area (Å²) in [5.74, 6) is 3.30. The van der Waals surface area contributed by atoms with Crippen molar-refractivity contribution in [3.8, 4) is 5.75 Å². The first-order valence-electron chi connectivity index (χ1n) is 6.28. The van der Waals surface area contributed by atoms with Crippen molar-refractivity contribution in [1.29, 1.82) is 0 Å². The van der Waals surface area contributed by atoms with Crippen LogP contribution in [0.25, 0.3) is 0 Å². The molecule has 0 spiro atoms. The third-order valence-corrected chi connectivity index (χ3v) is 4.09. The lowest BCUT2D eigenvalue weighted by molar-refractivity contribution is -0.130. The van der Waals surface area contributed by atoms with Crippen LogP contribution in [0.2, 0.25) is 0 Å². The minimum atomic E-state index is 0.283. The van der Waals surface area contributed by atoms with E-state index in [1.807, 2.05) is 40.9 Å². The van der Waals surface area contributed by atoms with Gasteiger partial charge in [-0.2, -0.15) is 11.8 Å². The number of ether oxygens (including phenoxy) is 1. The molecule has 0 saturated carbocycles. The number of aryl methyl sites for hydroxylation is 1. The summed E-state index contributed by atoms with van der Waals surface area (Å²) < 4.78 is 5.11. The molecule has 18 heavy (non-hydrogen) atoms. The van der Waals surface area contributed by atoms with Gasteiger partial charge >= 0.3 is 0 Å². The Kier molecular flexibility index (Phi) is 4.93. The van der Waals surface area contributed by atoms with Gasteiger partial charge in [0.15, 0.2) is 0 Å². The van der Waals surface area contributed by atoms with Crippen LogP contribution in [0.15, 0.2) is 24.3 Å². The van der Waals surface area contributed by atoms with Gasteiger partial charge in [0.25, 0.3) is 0 Å². The summed E-state index contributed by atoms with van der Waals surface area (Å²) >= 11 is 1.93. The Morgan fingerprint density at radius 2 is 1.94 bits per heavy atom. The molecule has 1 fully saturated rings. The number of benzene rings is 1. The van der Waals surface area contributed by atoms with Crippen LogP contribution in [0.3, 0.4) is 0 Å². The van der Waals surface area contributed by atoms with Gasteiger partial charge in [-0.15, -0.1) is 0 Å². The average molecular weight is 265 g/mol. The molecule has 98 valence electrons. The minimum Gasteiger partial charge on any atom is -0.497 e. The number of carbonyl (C=O) groups excluding carboxylic acids is 1. The molecule has 2 rings (SSSR count). The van der Waals surface area contributed by atoms with Crippen LogP contribution in [0.1, 0.15) is 12.0 Å². The molecule has 0 radical (unpaired) electrons. The topological polar surface area (TPSA) is 29.5 Å². The fourth-order valence-corrected chi connectivity index (χ4v) is 2.92. The zero-order chi connectivity index (χ0) is 12.8. The van der Waals surface area contributed by atoms with Gasteiger partial charge in [0.2, 0.25) is 5.91 Å². The van der Waals surface area contributed by atoms with Gasteiger partial charge in [0.1, 0.15) is 5.75 Å². The number of nitrogens with zero attached hydrogens (tertiary/aromatic N) is 1. The second-order valence-corrected chi connectivity index (χ2v) is 5.57. The molecule has 3 nitrogen and oxygen atoms in total. The molecule has 1 saturated heterocycles. The maximum absolute atomic E-state index is 12.0. The van der Waals surface area contributed by atoms with Crippen LogP contribution in [0, 0.1) is 0 Å². The third-order valence-electron chi connectivity index (χ3n) is 3.15. The van der Waals surface area contributed by atoms with Gasteiger partial charge in [-0.1, -0.05) is 12.1 Å². The van der Waals surface area contributed by atoms with E-state index in [-0.39, 0.29) is 5.91 Å². The Morgan fingerprint density at radius 1 is 1.28 bits per heavy atom. The smallest absolute Gasteiger partial charge is 0.222 e. The van der Waals surface area contributed by atoms with Gasteiger partial charge in [0, 0.05) is 31.0 Å². The monoisotopic (exact) mass is 265 g/mol. The number of methoxy groups -OCH3 is 1. The summed E-state index contributed by atoms with van der Waals surface area (Å²) in [5, 5.41) is 0. The fraction of sp³-hybridized carbons (Fsp3) is 0.500. The predicted molar refractivity (Wildman–Crippen MR) is 75.2 cm³/mol. The van der Waals surface area contributed by atoms with E-state index in [4.69, 9.17) is 4.74 Å². The van der Waals surface area contributed by atoms with Gasteiger partial charge in [-0.25, -0.2) is 0 Å². The van der Waals surface area contributed by atoms with Crippen molar-refractivity contribution < 1.29 is 9.53 Å². The third kappa shape index (κ3) is 3.67. The molecule has 0 atom stereocenters. The number of hydrogen-bond acceptors (Lipinski definition) is 3. The van der Waals surface area contributed by atoms with Crippen molar-refractivity contribution in [3.05, 3.63) is 29.8 Å². The molecule has 0 unspecified atom stereocenters. The molecule has 0 aromatic heterocycles. The zero-order valence-electron chi connectivity index (χ0n) is 10.7. The van der Waals surface area contributed by atoms with Crippen molar-refractivity contribution in [3.63, 3.8) is 0 Å². The molecule has 0 bridgehead atoms. The summed E-state index contributed by atoms with van der Waals surface area (Å²) in [4.78, 5) is 14.0. The molecular formula is C14H19NO2S. The largest absolute Gasteiger partial charge is 0.497 e. The summed E-state index contributed by atoms with van der Waals surface area (Å²) in [6.07, 6.45) is 1.42. The maximum Gasteiger partial charge on any atom is 0.222 e. The van der Waals surface area contributed by atoms with Crippen LogP contribution in [-0.2, 0) is 11.2 Å². The summed E-state index contributed by atoms with van der Waals surface area (Å²) in [5.41, 5.74) is 1.19. The highest BCUT2D eigenvalue weighted by atomic mass is 32.2. The summed E-state index contributed by atoms with van der Waals surface area (Å²) in [6.45, 7) is 1.82. The second-order valence-electron chi connectivity index (χ2n) is 4.34. The number of carbonyl (C=O) groups is 1. The van der Waals surface area contributed by atoms with E-state index in [2.05, 4.69) is 0 Å². The van der Waals surface area contributed by atoms with Gasteiger partial charge in [-0.05, 0) is 24.1 Å². The van der Waals surface area contributed by atoms with Crippen molar-refractivity contribution in [1.82, 2.24) is 4.90 Å². The molecule has 1 aromatic rings. The molecule has 0 aliphatic carbocycles. The standard InChI is InChI=1S/C14H19NO2S/c1-17-13-5-2-12(3-6-13)4-7-14(16)15-8-10-18-11-9-15/h2-3,5-6H,4,7-11H2,1H3. The minimum absolute atomic E-state index is 0.283. The lowest BCUT2D eigenvalue weighted by atomic mass is 10.1. The molecule has 0 N–H and O–H groups in total. The summed E-state index contributed by atoms with van der Waals surface area (Å²) in [6, 6.07) is 7.94. The zero-order valence-corrected chi connectivity index (χ0v) is 11.5. The van der Waals surface area contributed by atoms with E-state index in [9.17, 15) is 4.79 Å². The highest BCUT2D eigenvalue weighted by Gasteiger charge is 2.16. The van der Waals surface area contributed by atoms with Crippen LogP contribution < -0.4 is 4.74 Å². The predicted octanol–water partition coefficient (Wildman–Crippen LogP) is 2.20. The van der Waals surface area contributed by atoms with E-state index in [1.54, 1.807) is 7.11 Å². The van der Waals surface area contributed by atoms with Gasteiger partial charge in [0.05, 0.1) is 7.11 Å². The van der Waals surface area contributed by atoms with Gasteiger partial charge < -0.3 is 9.64 Å². The Morgan fingerprint density at radius 3 is 2.56 bits per heavy atom. The average Bonchev–Trinajstić information content (AvgIpc) is 2.46. The SMILES string of the molecule is COc1ccc(CCC(=O)N2CCSCC2)cc1. The first-order chi connectivity index (χ1) is 8.79. The van der Waals surface area contributed by atoms with Crippen molar-refractivity contribution >= 4 is 17.7 Å². The molecule has 1 aromatic carbocycles. The Balaban J connectivity index is 1.80. The van der Waals surface area contributed by atoms with Crippen LogP contribution in [-0.4, -0.2) is 42.5 Å². The van der Waals surface area contributed by atoms with Crippen LogP contribution >= 0.6 is 11.8 Å². The lowest BCUT2D eigenvalue weighted by Crippen LogP contribution is -2.37. The van der Waals surface area contributed by atoms with Crippen molar-refractivity contribution in [2.24, 2.45) is 0 Å². The Hall–Kier alpha value is -1.16. The van der Waals surface area contributed by atoms with E-state index >= 15 is 0 Å². The van der Waals surface area contributed by atoms with E-state index < -0.39 is 0 Å². The Labute approximate surface area is 113 Å². The fourth-order valence-electron chi connectivity index (χ4n) is 2.01. The first kappa shape index (κ1) is 13.3. The number of thioether (sulfide) groups is 1. The highest BCUT2D eigenvalue weighted by molar-refractivity contribution is 7.99. The van der Waals surface area contributed by atoms with E-state index in [0.29, 0.717) is 6.42 Å².